The van der Waals surface area contributed by atoms with Crippen LogP contribution in [0.1, 0.15) is 45.4 Å². The summed E-state index contributed by atoms with van der Waals surface area (Å²) in [5.41, 5.74) is 4.89. The minimum Gasteiger partial charge on any atom is -0.374 e. The number of nitrogens with two attached hydrogens (primary N) is 1. The van der Waals surface area contributed by atoms with Crippen molar-refractivity contribution < 1.29 is 39.9 Å². The molecule has 146 valence electrons. The van der Waals surface area contributed by atoms with Gasteiger partial charge in [0.05, 0.1) is 6.61 Å². The second-order valence-corrected chi connectivity index (χ2v) is 5.56. The maximum absolute atomic E-state index is 13.5. The van der Waals surface area contributed by atoms with Gasteiger partial charge in [0.2, 0.25) is 0 Å². The summed E-state index contributed by atoms with van der Waals surface area (Å²) < 4.78 is 112. The fourth-order valence-corrected chi connectivity index (χ4v) is 1.94. The molecule has 0 heterocycles. The molecule has 10 heteroatoms. The highest BCUT2D eigenvalue weighted by Gasteiger charge is 2.79. The Morgan fingerprint density at radius 1 is 0.750 bits per heavy atom. The Morgan fingerprint density at radius 2 is 1.25 bits per heavy atom. The molecule has 0 saturated heterocycles. The Morgan fingerprint density at radius 3 is 1.75 bits per heavy atom. The van der Waals surface area contributed by atoms with Crippen LogP contribution in [0.2, 0.25) is 0 Å². The maximum Gasteiger partial charge on any atom is 0.380 e. The summed E-state index contributed by atoms with van der Waals surface area (Å²) >= 11 is 0. The van der Waals surface area contributed by atoms with Crippen molar-refractivity contribution in [2.24, 2.45) is 5.73 Å². The van der Waals surface area contributed by atoms with Gasteiger partial charge in [0.1, 0.15) is 6.61 Å². The highest BCUT2D eigenvalue weighted by atomic mass is 19.4. The van der Waals surface area contributed by atoms with E-state index in [1.54, 1.807) is 0 Å². The zero-order chi connectivity index (χ0) is 19.1. The predicted molar refractivity (Wildman–Crippen MR) is 73.0 cm³/mol. The molecule has 0 spiro atoms. The molecule has 0 bridgehead atoms. The Labute approximate surface area is 135 Å². The topological polar surface area (TPSA) is 35.2 Å². The van der Waals surface area contributed by atoms with Crippen molar-refractivity contribution in [3.05, 3.63) is 0 Å². The van der Waals surface area contributed by atoms with Gasteiger partial charge < -0.3 is 10.5 Å². The molecule has 0 unspecified atom stereocenters. The van der Waals surface area contributed by atoms with Crippen molar-refractivity contribution in [2.45, 2.75) is 69.1 Å². The van der Waals surface area contributed by atoms with Crippen LogP contribution < -0.4 is 5.73 Å². The lowest BCUT2D eigenvalue weighted by Crippen LogP contribution is -2.63. The van der Waals surface area contributed by atoms with Gasteiger partial charge in [-0.15, -0.1) is 0 Å². The second kappa shape index (κ2) is 9.17. The number of ether oxygens (including phenoxy) is 1. The van der Waals surface area contributed by atoms with E-state index in [-0.39, 0.29) is 13.0 Å². The number of rotatable bonds is 13. The maximum atomic E-state index is 13.5. The van der Waals surface area contributed by atoms with E-state index in [2.05, 4.69) is 4.74 Å². The van der Waals surface area contributed by atoms with Gasteiger partial charge in [0.25, 0.3) is 0 Å². The molecule has 0 saturated carbocycles. The summed E-state index contributed by atoms with van der Waals surface area (Å²) in [6.07, 6.45) is -0.0278. The van der Waals surface area contributed by atoms with Crippen LogP contribution in [0.25, 0.3) is 0 Å². The minimum absolute atomic E-state index is 0.126. The number of hydrogen-bond acceptors (Lipinski definition) is 2. The molecule has 2 N–H and O–H groups in total. The largest absolute Gasteiger partial charge is 0.380 e. The lowest BCUT2D eigenvalue weighted by atomic mass is 9.95. The first-order valence-corrected chi connectivity index (χ1v) is 7.66. The molecule has 0 aliphatic heterocycles. The third kappa shape index (κ3) is 5.44. The number of hydrogen-bond donors (Lipinski definition) is 1. The van der Waals surface area contributed by atoms with Crippen LogP contribution in [0.5, 0.6) is 0 Å². The molecule has 0 aliphatic rings. The third-order valence-electron chi connectivity index (χ3n) is 3.45. The van der Waals surface area contributed by atoms with Gasteiger partial charge in [-0.2, -0.15) is 35.1 Å². The average Bonchev–Trinajstić information content (AvgIpc) is 2.46. The van der Waals surface area contributed by atoms with E-state index in [9.17, 15) is 35.1 Å². The fraction of sp³-hybridized carbons (Fsp3) is 1.00. The zero-order valence-corrected chi connectivity index (χ0v) is 13.4. The smallest absolute Gasteiger partial charge is 0.374 e. The van der Waals surface area contributed by atoms with Crippen LogP contribution in [0.3, 0.4) is 0 Å². The van der Waals surface area contributed by atoms with Gasteiger partial charge >= 0.3 is 23.7 Å². The van der Waals surface area contributed by atoms with Gasteiger partial charge in [0.15, 0.2) is 0 Å². The van der Waals surface area contributed by atoms with Crippen molar-refractivity contribution >= 4 is 0 Å². The standard InChI is InChI=1S/C14H23F8NO/c1-2-3-4-5-6-7-11(15,16)13(19,20)14(21,22)12(17,18)10-24-9-8-23/h2-10,23H2,1H3. The second-order valence-electron chi connectivity index (χ2n) is 5.56. The van der Waals surface area contributed by atoms with E-state index >= 15 is 0 Å². The lowest BCUT2D eigenvalue weighted by Gasteiger charge is -2.36. The van der Waals surface area contributed by atoms with E-state index in [4.69, 9.17) is 5.73 Å². The van der Waals surface area contributed by atoms with Crippen molar-refractivity contribution in [1.29, 1.82) is 0 Å². The zero-order valence-electron chi connectivity index (χ0n) is 13.4. The normalized spacial score (nSPS) is 14.2. The van der Waals surface area contributed by atoms with Crippen LogP contribution in [0.4, 0.5) is 35.1 Å². The predicted octanol–water partition coefficient (Wildman–Crippen LogP) is 4.86. The van der Waals surface area contributed by atoms with Crippen molar-refractivity contribution in [1.82, 2.24) is 0 Å². The van der Waals surface area contributed by atoms with E-state index in [1.165, 1.54) is 0 Å². The van der Waals surface area contributed by atoms with Crippen molar-refractivity contribution in [3.63, 3.8) is 0 Å². The molecule has 24 heavy (non-hydrogen) atoms. The van der Waals surface area contributed by atoms with Crippen LogP contribution in [-0.2, 0) is 4.74 Å². The number of halogens is 8. The van der Waals surface area contributed by atoms with Crippen LogP contribution in [-0.4, -0.2) is 43.4 Å². The van der Waals surface area contributed by atoms with Gasteiger partial charge in [-0.1, -0.05) is 32.6 Å². The SMILES string of the molecule is CCCCCCCC(F)(F)C(F)(F)C(F)(F)C(F)(F)COCCN. The molecule has 0 fully saturated rings. The average molecular weight is 373 g/mol. The van der Waals surface area contributed by atoms with E-state index in [1.807, 2.05) is 6.92 Å². The molecular weight excluding hydrogens is 350 g/mol. The highest BCUT2D eigenvalue weighted by molar-refractivity contribution is 5.03. The van der Waals surface area contributed by atoms with E-state index < -0.39 is 49.7 Å². The van der Waals surface area contributed by atoms with E-state index in [0.29, 0.717) is 12.8 Å². The van der Waals surface area contributed by atoms with Crippen LogP contribution in [0.15, 0.2) is 0 Å². The van der Waals surface area contributed by atoms with E-state index in [0.717, 1.165) is 6.42 Å². The molecular formula is C14H23F8NO. The summed E-state index contributed by atoms with van der Waals surface area (Å²) in [6, 6.07) is 0. The van der Waals surface area contributed by atoms with Gasteiger partial charge in [-0.3, -0.25) is 0 Å². The number of unbranched alkanes of at least 4 members (excludes halogenated alkanes) is 4. The Kier molecular flexibility index (Phi) is 8.92. The molecule has 0 aromatic carbocycles. The Bertz CT molecular complexity index is 363. The van der Waals surface area contributed by atoms with Crippen molar-refractivity contribution in [3.8, 4) is 0 Å². The summed E-state index contributed by atoms with van der Waals surface area (Å²) in [7, 11) is 0. The monoisotopic (exact) mass is 373 g/mol. The third-order valence-corrected chi connectivity index (χ3v) is 3.45. The van der Waals surface area contributed by atoms with Crippen LogP contribution in [0, 0.1) is 0 Å². The summed E-state index contributed by atoms with van der Waals surface area (Å²) in [4.78, 5) is 0. The summed E-state index contributed by atoms with van der Waals surface area (Å²) in [6.45, 7) is -1.20. The quantitative estimate of drug-likeness (QED) is 0.370. The molecule has 0 aromatic heterocycles. The van der Waals surface area contributed by atoms with Gasteiger partial charge in [0, 0.05) is 13.0 Å². The van der Waals surface area contributed by atoms with Gasteiger partial charge in [-0.25, -0.2) is 0 Å². The first kappa shape index (κ1) is 23.4. The fourth-order valence-electron chi connectivity index (χ4n) is 1.94. The highest BCUT2D eigenvalue weighted by Crippen LogP contribution is 2.54. The summed E-state index contributed by atoms with van der Waals surface area (Å²) in [5.74, 6) is -23.2. The van der Waals surface area contributed by atoms with Crippen LogP contribution >= 0.6 is 0 Å². The molecule has 0 aromatic rings. The lowest BCUT2D eigenvalue weighted by molar-refractivity contribution is -0.372. The number of alkyl halides is 8. The summed E-state index contributed by atoms with van der Waals surface area (Å²) in [5, 5.41) is 0. The first-order valence-electron chi connectivity index (χ1n) is 7.66. The van der Waals surface area contributed by atoms with Crippen molar-refractivity contribution in [2.75, 3.05) is 19.8 Å². The molecule has 0 amide bonds. The Hall–Kier alpha value is -0.640. The molecule has 2 nitrogen and oxygen atoms in total. The van der Waals surface area contributed by atoms with Gasteiger partial charge in [-0.05, 0) is 6.42 Å². The molecule has 0 atom stereocenters. The molecule has 0 rings (SSSR count). The molecule has 0 aliphatic carbocycles. The molecule has 0 radical (unpaired) electrons. The minimum atomic E-state index is -6.26. The Balaban J connectivity index is 5.00. The first-order chi connectivity index (χ1) is 10.9.